The monoisotopic (exact) mass is 332 g/mol. The molecule has 5 heteroatoms. The highest BCUT2D eigenvalue weighted by molar-refractivity contribution is 7.99. The highest BCUT2D eigenvalue weighted by Crippen LogP contribution is 2.42. The summed E-state index contributed by atoms with van der Waals surface area (Å²) in [5.74, 6) is 3.75. The van der Waals surface area contributed by atoms with Crippen LogP contribution in [0, 0.1) is 23.7 Å². The van der Waals surface area contributed by atoms with Crippen molar-refractivity contribution in [1.82, 2.24) is 9.97 Å². The minimum absolute atomic E-state index is 0.0174. The van der Waals surface area contributed by atoms with Crippen LogP contribution in [0.3, 0.4) is 0 Å². The molecule has 1 atom stereocenters. The molecule has 0 saturated carbocycles. The molecule has 2 aromatic rings. The summed E-state index contributed by atoms with van der Waals surface area (Å²) in [6.45, 7) is 6.90. The lowest BCUT2D eigenvalue weighted by Gasteiger charge is -2.33. The maximum Gasteiger partial charge on any atom is 0.260 e. The fourth-order valence-corrected chi connectivity index (χ4v) is 4.98. The fraction of sp³-hybridized carbons (Fsp3) is 0.529. The van der Waals surface area contributed by atoms with Crippen LogP contribution in [-0.4, -0.2) is 15.7 Å². The normalized spacial score (nSPS) is 18.2. The molecular formula is C17H20N2OS2. The van der Waals surface area contributed by atoms with Gasteiger partial charge in [-0.15, -0.1) is 17.8 Å². The Morgan fingerprint density at radius 1 is 1.50 bits per heavy atom. The van der Waals surface area contributed by atoms with E-state index in [0.29, 0.717) is 22.2 Å². The van der Waals surface area contributed by atoms with Gasteiger partial charge in [0.1, 0.15) is 4.83 Å². The Kier molecular flexibility index (Phi) is 4.09. The zero-order valence-electron chi connectivity index (χ0n) is 13.2. The molecule has 2 heterocycles. The number of nitrogens with zero attached hydrogens (tertiary/aromatic N) is 1. The van der Waals surface area contributed by atoms with Crippen LogP contribution < -0.4 is 5.56 Å². The maximum absolute atomic E-state index is 12.4. The first kappa shape index (κ1) is 15.6. The second kappa shape index (κ2) is 5.75. The standard InChI is InChI=1S/C17H20N2OS2/c1-5-8-21-16-18-14(20)13-11-7-6-10(17(2,3)4)9-12(11)22-15(13)19-16/h1,10H,6-9H2,2-4H3,(H,18,19,20). The molecule has 0 aromatic carbocycles. The second-order valence-corrected chi connectivity index (χ2v) is 8.90. The third-order valence-electron chi connectivity index (χ3n) is 4.41. The number of aryl methyl sites for hydroxylation is 1. The zero-order chi connectivity index (χ0) is 15.9. The van der Waals surface area contributed by atoms with Gasteiger partial charge in [0, 0.05) is 4.88 Å². The van der Waals surface area contributed by atoms with Crippen LogP contribution in [0.5, 0.6) is 0 Å². The van der Waals surface area contributed by atoms with Crippen LogP contribution in [0.25, 0.3) is 10.2 Å². The van der Waals surface area contributed by atoms with E-state index >= 15 is 0 Å². The summed E-state index contributed by atoms with van der Waals surface area (Å²) < 4.78 is 0. The number of fused-ring (bicyclic) bond motifs is 3. The van der Waals surface area contributed by atoms with Gasteiger partial charge in [0.25, 0.3) is 5.56 Å². The topological polar surface area (TPSA) is 45.8 Å². The quantitative estimate of drug-likeness (QED) is 0.516. The maximum atomic E-state index is 12.4. The van der Waals surface area contributed by atoms with Crippen molar-refractivity contribution in [3.05, 3.63) is 20.8 Å². The Hall–Kier alpha value is -1.25. The average Bonchev–Trinajstić information content (AvgIpc) is 2.81. The van der Waals surface area contributed by atoms with Crippen molar-refractivity contribution in [2.24, 2.45) is 11.3 Å². The second-order valence-electron chi connectivity index (χ2n) is 6.85. The number of H-pyrrole nitrogens is 1. The van der Waals surface area contributed by atoms with Crippen LogP contribution in [-0.2, 0) is 12.8 Å². The van der Waals surface area contributed by atoms with Gasteiger partial charge in [-0.2, -0.15) is 0 Å². The predicted molar refractivity (Wildman–Crippen MR) is 94.8 cm³/mol. The molecular weight excluding hydrogens is 312 g/mol. The Morgan fingerprint density at radius 2 is 2.27 bits per heavy atom. The third-order valence-corrected chi connectivity index (χ3v) is 6.34. The fourth-order valence-electron chi connectivity index (χ4n) is 3.08. The lowest BCUT2D eigenvalue weighted by molar-refractivity contribution is 0.218. The van der Waals surface area contributed by atoms with Crippen molar-refractivity contribution in [2.75, 3.05) is 5.75 Å². The molecule has 0 amide bonds. The lowest BCUT2D eigenvalue weighted by atomic mass is 9.72. The van der Waals surface area contributed by atoms with Gasteiger partial charge in [-0.05, 0) is 36.2 Å². The van der Waals surface area contributed by atoms with E-state index in [9.17, 15) is 4.79 Å². The van der Waals surface area contributed by atoms with Crippen molar-refractivity contribution >= 4 is 33.3 Å². The van der Waals surface area contributed by atoms with Gasteiger partial charge in [-0.1, -0.05) is 38.5 Å². The Morgan fingerprint density at radius 3 is 2.95 bits per heavy atom. The summed E-state index contributed by atoms with van der Waals surface area (Å²) in [6.07, 6.45) is 8.47. The summed E-state index contributed by atoms with van der Waals surface area (Å²) in [7, 11) is 0. The molecule has 0 bridgehead atoms. The first-order valence-electron chi connectivity index (χ1n) is 7.51. The number of hydrogen-bond donors (Lipinski definition) is 1. The van der Waals surface area contributed by atoms with E-state index in [4.69, 9.17) is 6.42 Å². The highest BCUT2D eigenvalue weighted by Gasteiger charge is 2.31. The van der Waals surface area contributed by atoms with Crippen molar-refractivity contribution in [3.8, 4) is 12.3 Å². The Bertz CT molecular complexity index is 805. The number of aromatic amines is 1. The number of hydrogen-bond acceptors (Lipinski definition) is 4. The molecule has 0 fully saturated rings. The molecule has 22 heavy (non-hydrogen) atoms. The van der Waals surface area contributed by atoms with Gasteiger partial charge < -0.3 is 4.98 Å². The van der Waals surface area contributed by atoms with E-state index in [0.717, 1.165) is 29.5 Å². The van der Waals surface area contributed by atoms with Gasteiger partial charge in [-0.3, -0.25) is 4.79 Å². The van der Waals surface area contributed by atoms with Crippen LogP contribution in [0.2, 0.25) is 0 Å². The molecule has 1 unspecified atom stereocenters. The molecule has 0 saturated heterocycles. The predicted octanol–water partition coefficient (Wildman–Crippen LogP) is 3.86. The van der Waals surface area contributed by atoms with E-state index in [1.165, 1.54) is 22.2 Å². The number of aromatic nitrogens is 2. The molecule has 1 aliphatic rings. The SMILES string of the molecule is C#CCSc1nc2sc3c(c2c(=O)[nH]1)CCC(C(C)(C)C)C3. The van der Waals surface area contributed by atoms with Crippen LogP contribution >= 0.6 is 23.1 Å². The number of thiophene rings is 1. The largest absolute Gasteiger partial charge is 0.301 e. The van der Waals surface area contributed by atoms with Gasteiger partial charge in [0.2, 0.25) is 0 Å². The summed E-state index contributed by atoms with van der Waals surface area (Å²) in [6, 6.07) is 0. The zero-order valence-corrected chi connectivity index (χ0v) is 14.8. The minimum atomic E-state index is -0.0174. The molecule has 3 nitrogen and oxygen atoms in total. The van der Waals surface area contributed by atoms with Crippen LogP contribution in [0.1, 0.15) is 37.6 Å². The van der Waals surface area contributed by atoms with Crippen LogP contribution in [0.15, 0.2) is 9.95 Å². The summed E-state index contributed by atoms with van der Waals surface area (Å²) >= 11 is 3.09. The smallest absolute Gasteiger partial charge is 0.260 e. The van der Waals surface area contributed by atoms with Gasteiger partial charge in [0.15, 0.2) is 5.16 Å². The Balaban J connectivity index is 2.03. The van der Waals surface area contributed by atoms with Gasteiger partial charge in [-0.25, -0.2) is 4.98 Å². The molecule has 0 spiro atoms. The van der Waals surface area contributed by atoms with Crippen LogP contribution in [0.4, 0.5) is 0 Å². The number of thioether (sulfide) groups is 1. The lowest BCUT2D eigenvalue weighted by Crippen LogP contribution is -2.26. The third kappa shape index (κ3) is 2.82. The van der Waals surface area contributed by atoms with Gasteiger partial charge >= 0.3 is 0 Å². The molecule has 2 aromatic heterocycles. The molecule has 116 valence electrons. The van der Waals surface area contributed by atoms with Gasteiger partial charge in [0.05, 0.1) is 11.1 Å². The van der Waals surface area contributed by atoms with Crippen molar-refractivity contribution < 1.29 is 0 Å². The van der Waals surface area contributed by atoms with Crippen molar-refractivity contribution in [2.45, 2.75) is 45.2 Å². The molecule has 3 rings (SSSR count). The van der Waals surface area contributed by atoms with E-state index in [1.54, 1.807) is 11.3 Å². The first-order chi connectivity index (χ1) is 10.4. The van der Waals surface area contributed by atoms with E-state index in [1.807, 2.05) is 0 Å². The number of terminal acetylenes is 1. The number of nitrogens with one attached hydrogen (secondary N) is 1. The van der Waals surface area contributed by atoms with Crippen molar-refractivity contribution in [1.29, 1.82) is 0 Å². The first-order valence-corrected chi connectivity index (χ1v) is 9.31. The Labute approximate surface area is 138 Å². The molecule has 0 aliphatic heterocycles. The summed E-state index contributed by atoms with van der Waals surface area (Å²) in [5, 5.41) is 1.43. The average molecular weight is 332 g/mol. The van der Waals surface area contributed by atoms with E-state index in [-0.39, 0.29) is 5.56 Å². The molecule has 1 aliphatic carbocycles. The summed E-state index contributed by atoms with van der Waals surface area (Å²) in [4.78, 5) is 22.1. The molecule has 0 radical (unpaired) electrons. The minimum Gasteiger partial charge on any atom is -0.301 e. The van der Waals surface area contributed by atoms with E-state index < -0.39 is 0 Å². The summed E-state index contributed by atoms with van der Waals surface area (Å²) in [5.41, 5.74) is 1.51. The van der Waals surface area contributed by atoms with E-state index in [2.05, 4.69) is 36.7 Å². The van der Waals surface area contributed by atoms with Crippen molar-refractivity contribution in [3.63, 3.8) is 0 Å². The number of rotatable bonds is 2. The molecule has 1 N–H and O–H groups in total. The highest BCUT2D eigenvalue weighted by atomic mass is 32.2.